The summed E-state index contributed by atoms with van der Waals surface area (Å²) in [5, 5.41) is 0.493. The highest BCUT2D eigenvalue weighted by Crippen LogP contribution is 2.13. The Labute approximate surface area is 202 Å². The largest absolute Gasteiger partial charge is 0.468 e. The van der Waals surface area contributed by atoms with E-state index in [1.54, 1.807) is 59.5 Å². The number of benzene rings is 2. The number of carbonyl (C=O) groups is 1. The Morgan fingerprint density at radius 1 is 1.11 bits per heavy atom. The van der Waals surface area contributed by atoms with E-state index in [-0.39, 0.29) is 29.5 Å². The molecule has 0 atom stereocenters. The fourth-order valence-corrected chi connectivity index (χ4v) is 4.42. The van der Waals surface area contributed by atoms with E-state index in [9.17, 15) is 18.0 Å². The van der Waals surface area contributed by atoms with Crippen molar-refractivity contribution in [3.05, 3.63) is 101 Å². The van der Waals surface area contributed by atoms with Crippen LogP contribution in [0.2, 0.25) is 0 Å². The van der Waals surface area contributed by atoms with Gasteiger partial charge in [0.1, 0.15) is 11.6 Å². The minimum absolute atomic E-state index is 0.0513. The molecular weight excluding hydrogens is 468 g/mol. The molecule has 4 aromatic rings. The predicted octanol–water partition coefficient (Wildman–Crippen LogP) is 3.06. The van der Waals surface area contributed by atoms with Crippen LogP contribution in [-0.2, 0) is 27.9 Å². The first-order valence-corrected chi connectivity index (χ1v) is 12.4. The van der Waals surface area contributed by atoms with Gasteiger partial charge in [-0.05, 0) is 55.0 Å². The van der Waals surface area contributed by atoms with Crippen LogP contribution < -0.4 is 10.3 Å². The van der Waals surface area contributed by atoms with Crippen LogP contribution in [0.25, 0.3) is 17.0 Å². The number of H-pyrrole nitrogens is 1. The Kier molecular flexibility index (Phi) is 7.23. The number of nitrogens with one attached hydrogen (secondary N) is 2. The summed E-state index contributed by atoms with van der Waals surface area (Å²) in [5.74, 6) is 0.643. The third-order valence-electron chi connectivity index (χ3n) is 5.32. The molecule has 2 heterocycles. The quantitative estimate of drug-likeness (QED) is 0.346. The summed E-state index contributed by atoms with van der Waals surface area (Å²) in [7, 11) is -3.70. The van der Waals surface area contributed by atoms with Crippen LogP contribution >= 0.6 is 0 Å². The lowest BCUT2D eigenvalue weighted by molar-refractivity contribution is -0.126. The number of rotatable bonds is 9. The Bertz CT molecular complexity index is 1510. The van der Waals surface area contributed by atoms with Gasteiger partial charge in [-0.1, -0.05) is 24.3 Å². The number of nitrogens with zero attached hydrogens (tertiary/aromatic N) is 2. The minimum Gasteiger partial charge on any atom is -0.468 e. The first kappa shape index (κ1) is 24.1. The van der Waals surface area contributed by atoms with Crippen molar-refractivity contribution in [2.24, 2.45) is 0 Å². The maximum Gasteiger partial charge on any atom is 0.258 e. The van der Waals surface area contributed by atoms with Crippen molar-refractivity contribution in [3.8, 4) is 0 Å². The van der Waals surface area contributed by atoms with Crippen LogP contribution in [-0.4, -0.2) is 35.7 Å². The number of fused-ring (bicyclic) bond motifs is 1. The minimum atomic E-state index is -3.70. The van der Waals surface area contributed by atoms with Crippen LogP contribution in [0.5, 0.6) is 0 Å². The highest BCUT2D eigenvalue weighted by Gasteiger charge is 2.15. The van der Waals surface area contributed by atoms with E-state index in [2.05, 4.69) is 14.7 Å². The SMILES string of the molecule is CCN(Cc1nc2ccccc2c(=O)[nH]1)C(=O)/C=C\c1ccc(S(=O)(=O)NCc2ccco2)cc1. The summed E-state index contributed by atoms with van der Waals surface area (Å²) in [4.78, 5) is 33.8. The summed E-state index contributed by atoms with van der Waals surface area (Å²) in [6, 6.07) is 16.6. The Morgan fingerprint density at radius 3 is 2.60 bits per heavy atom. The molecule has 0 saturated heterocycles. The molecule has 0 aliphatic heterocycles. The first-order chi connectivity index (χ1) is 16.9. The maximum absolute atomic E-state index is 12.7. The van der Waals surface area contributed by atoms with Crippen molar-refractivity contribution in [1.29, 1.82) is 0 Å². The van der Waals surface area contributed by atoms with Crippen molar-refractivity contribution < 1.29 is 17.6 Å². The molecule has 10 heteroatoms. The number of likely N-dealkylation sites (N-methyl/N-ethyl adjacent to an activating group) is 1. The average molecular weight is 493 g/mol. The fraction of sp³-hybridized carbons (Fsp3) is 0.160. The van der Waals surface area contributed by atoms with Crippen molar-refractivity contribution >= 4 is 32.9 Å². The van der Waals surface area contributed by atoms with Gasteiger partial charge >= 0.3 is 0 Å². The van der Waals surface area contributed by atoms with Crippen LogP contribution in [0.4, 0.5) is 0 Å². The smallest absolute Gasteiger partial charge is 0.258 e. The van der Waals surface area contributed by atoms with E-state index < -0.39 is 10.0 Å². The molecule has 2 aromatic carbocycles. The number of hydrogen-bond acceptors (Lipinski definition) is 6. The molecule has 4 rings (SSSR count). The van der Waals surface area contributed by atoms with Gasteiger partial charge in [-0.25, -0.2) is 18.1 Å². The fourth-order valence-electron chi connectivity index (χ4n) is 3.43. The molecule has 2 aromatic heterocycles. The summed E-state index contributed by atoms with van der Waals surface area (Å²) in [5.41, 5.74) is 0.981. The third kappa shape index (κ3) is 5.92. The van der Waals surface area contributed by atoms with Crippen molar-refractivity contribution in [2.75, 3.05) is 6.54 Å². The molecule has 1 amide bonds. The summed E-state index contributed by atoms with van der Waals surface area (Å²) in [6.07, 6.45) is 4.49. The van der Waals surface area contributed by atoms with Crippen LogP contribution in [0.15, 0.2) is 87.1 Å². The summed E-state index contributed by atoms with van der Waals surface area (Å²) < 4.78 is 32.5. The van der Waals surface area contributed by atoms with Gasteiger partial charge in [-0.3, -0.25) is 9.59 Å². The summed E-state index contributed by atoms with van der Waals surface area (Å²) in [6.45, 7) is 2.45. The lowest BCUT2D eigenvalue weighted by atomic mass is 10.2. The zero-order valence-electron chi connectivity index (χ0n) is 19.0. The monoisotopic (exact) mass is 492 g/mol. The Hall–Kier alpha value is -4.02. The van der Waals surface area contributed by atoms with Crippen LogP contribution in [0.3, 0.4) is 0 Å². The molecule has 2 N–H and O–H groups in total. The van der Waals surface area contributed by atoms with Gasteiger partial charge in [0.15, 0.2) is 0 Å². The van der Waals surface area contributed by atoms with Gasteiger partial charge in [0, 0.05) is 12.6 Å². The lowest BCUT2D eigenvalue weighted by Crippen LogP contribution is -2.30. The number of hydrogen-bond donors (Lipinski definition) is 2. The number of aromatic nitrogens is 2. The normalized spacial score (nSPS) is 11.8. The number of amides is 1. The van der Waals surface area contributed by atoms with Crippen LogP contribution in [0.1, 0.15) is 24.1 Å². The number of aromatic amines is 1. The third-order valence-corrected chi connectivity index (χ3v) is 6.74. The van der Waals surface area contributed by atoms with Gasteiger partial charge in [-0.2, -0.15) is 0 Å². The number of para-hydroxylation sites is 1. The van der Waals surface area contributed by atoms with Gasteiger partial charge in [0.2, 0.25) is 15.9 Å². The second-order valence-electron chi connectivity index (χ2n) is 7.69. The zero-order chi connectivity index (χ0) is 24.8. The highest BCUT2D eigenvalue weighted by molar-refractivity contribution is 7.89. The first-order valence-electron chi connectivity index (χ1n) is 10.9. The van der Waals surface area contributed by atoms with Crippen molar-refractivity contribution in [2.45, 2.75) is 24.9 Å². The number of furan rings is 1. The summed E-state index contributed by atoms with van der Waals surface area (Å²) >= 11 is 0. The van der Waals surface area contributed by atoms with Crippen molar-refractivity contribution in [1.82, 2.24) is 19.6 Å². The molecule has 0 aliphatic rings. The molecule has 9 nitrogen and oxygen atoms in total. The number of sulfonamides is 1. The van der Waals surface area contributed by atoms with E-state index in [1.165, 1.54) is 24.5 Å². The second kappa shape index (κ2) is 10.5. The average Bonchev–Trinajstić information content (AvgIpc) is 3.39. The molecule has 0 spiro atoms. The zero-order valence-corrected chi connectivity index (χ0v) is 19.8. The molecule has 0 bridgehead atoms. The molecule has 0 unspecified atom stereocenters. The standard InChI is InChI=1S/C25H24N4O5S/c1-2-29(17-23-27-22-8-4-3-7-21(22)25(31)28-23)24(30)14-11-18-9-12-20(13-10-18)35(32,33)26-16-19-6-5-15-34-19/h3-15,26H,2,16-17H2,1H3,(H,27,28,31)/b14-11-. The van der Waals surface area contributed by atoms with E-state index in [0.717, 1.165) is 0 Å². The van der Waals surface area contributed by atoms with Gasteiger partial charge < -0.3 is 14.3 Å². The Balaban J connectivity index is 1.41. The lowest BCUT2D eigenvalue weighted by Gasteiger charge is -2.18. The van der Waals surface area contributed by atoms with E-state index >= 15 is 0 Å². The molecule has 0 saturated carbocycles. The molecule has 0 fully saturated rings. The number of carbonyl (C=O) groups excluding carboxylic acids is 1. The van der Waals surface area contributed by atoms with E-state index in [1.807, 2.05) is 6.92 Å². The van der Waals surface area contributed by atoms with Crippen LogP contribution in [0, 0.1) is 0 Å². The van der Waals surface area contributed by atoms with Crippen molar-refractivity contribution in [3.63, 3.8) is 0 Å². The van der Waals surface area contributed by atoms with Gasteiger partial charge in [0.25, 0.3) is 5.56 Å². The van der Waals surface area contributed by atoms with E-state index in [4.69, 9.17) is 4.42 Å². The molecular formula is C25H24N4O5S. The highest BCUT2D eigenvalue weighted by atomic mass is 32.2. The predicted molar refractivity (Wildman–Crippen MR) is 132 cm³/mol. The topological polar surface area (TPSA) is 125 Å². The molecule has 180 valence electrons. The maximum atomic E-state index is 12.7. The molecule has 35 heavy (non-hydrogen) atoms. The van der Waals surface area contributed by atoms with E-state index in [0.29, 0.717) is 34.6 Å². The molecule has 0 aliphatic carbocycles. The van der Waals surface area contributed by atoms with Gasteiger partial charge in [-0.15, -0.1) is 0 Å². The Morgan fingerprint density at radius 2 is 1.89 bits per heavy atom. The second-order valence-corrected chi connectivity index (χ2v) is 9.46. The van der Waals surface area contributed by atoms with Gasteiger partial charge in [0.05, 0.1) is 35.2 Å². The molecule has 0 radical (unpaired) electrons.